The van der Waals surface area contributed by atoms with Crippen molar-refractivity contribution in [2.45, 2.75) is 26.7 Å². The summed E-state index contributed by atoms with van der Waals surface area (Å²) in [5.74, 6) is 0.508. The second-order valence-corrected chi connectivity index (χ2v) is 7.66. The molecule has 3 aromatic heterocycles. The molecule has 0 aliphatic carbocycles. The number of benzene rings is 1. The van der Waals surface area contributed by atoms with E-state index in [-0.39, 0.29) is 5.91 Å². The summed E-state index contributed by atoms with van der Waals surface area (Å²) >= 11 is 1.31. The van der Waals surface area contributed by atoms with Crippen LogP contribution >= 0.6 is 11.5 Å². The lowest BCUT2D eigenvalue weighted by molar-refractivity contribution is -0.116. The lowest BCUT2D eigenvalue weighted by atomic mass is 10.00. The number of amides is 1. The van der Waals surface area contributed by atoms with Crippen LogP contribution in [0.25, 0.3) is 22.3 Å². The average Bonchev–Trinajstić information content (AvgIpc) is 3.37. The van der Waals surface area contributed by atoms with Crippen LogP contribution in [-0.2, 0) is 18.3 Å². The number of hydrogen-bond donors (Lipinski definition) is 1. The van der Waals surface area contributed by atoms with Crippen molar-refractivity contribution in [3.8, 4) is 17.1 Å². The lowest BCUT2D eigenvalue weighted by Gasteiger charge is -2.11. The van der Waals surface area contributed by atoms with Crippen LogP contribution < -0.4 is 10.1 Å². The van der Waals surface area contributed by atoms with Crippen LogP contribution in [0.2, 0.25) is 0 Å². The fraction of sp³-hybridized carbons (Fsp3) is 0.286. The molecule has 0 aliphatic rings. The van der Waals surface area contributed by atoms with Crippen molar-refractivity contribution < 1.29 is 9.53 Å². The van der Waals surface area contributed by atoms with Crippen LogP contribution in [0.4, 0.5) is 5.69 Å². The monoisotopic (exact) mass is 422 g/mol. The number of ether oxygens (including phenoxy) is 1. The number of methoxy groups -OCH3 is 1. The van der Waals surface area contributed by atoms with Gasteiger partial charge in [-0.2, -0.15) is 0 Å². The third kappa shape index (κ3) is 3.76. The van der Waals surface area contributed by atoms with Gasteiger partial charge in [0.25, 0.3) is 0 Å². The fourth-order valence-electron chi connectivity index (χ4n) is 3.58. The highest BCUT2D eigenvalue weighted by molar-refractivity contribution is 7.03. The number of carbonyl (C=O) groups is 1. The Labute approximate surface area is 178 Å². The van der Waals surface area contributed by atoms with E-state index in [2.05, 4.69) is 25.0 Å². The van der Waals surface area contributed by atoms with Crippen LogP contribution in [0, 0.1) is 13.8 Å². The molecule has 0 atom stereocenters. The van der Waals surface area contributed by atoms with Gasteiger partial charge in [0.15, 0.2) is 5.65 Å². The summed E-state index contributed by atoms with van der Waals surface area (Å²) in [6, 6.07) is 7.59. The molecule has 154 valence electrons. The highest BCUT2D eigenvalue weighted by Gasteiger charge is 2.18. The smallest absolute Gasteiger partial charge is 0.242 e. The van der Waals surface area contributed by atoms with Crippen molar-refractivity contribution in [2.24, 2.45) is 7.05 Å². The van der Waals surface area contributed by atoms with Gasteiger partial charge in [0.2, 0.25) is 11.8 Å². The summed E-state index contributed by atoms with van der Waals surface area (Å²) in [7, 11) is 3.45. The molecule has 1 N–H and O–H groups in total. The molecular weight excluding hydrogens is 400 g/mol. The van der Waals surface area contributed by atoms with Crippen LogP contribution in [0.5, 0.6) is 5.88 Å². The van der Waals surface area contributed by atoms with Gasteiger partial charge in [-0.15, -0.1) is 10.2 Å². The zero-order chi connectivity index (χ0) is 21.3. The Morgan fingerprint density at radius 1 is 1.23 bits per heavy atom. The predicted octanol–water partition coefficient (Wildman–Crippen LogP) is 3.68. The Bertz CT molecular complexity index is 1200. The standard InChI is InChI=1S/C21H22N6O2S/c1-12-16(13(2)22-20-19(12)21(29-4)25-27(20)3)9-10-18(28)23-15-7-5-14(6-8-15)17-11-30-26-24-17/h5-8,11H,9-10H2,1-4H3,(H,23,28). The summed E-state index contributed by atoms with van der Waals surface area (Å²) < 4.78 is 11.0. The third-order valence-electron chi connectivity index (χ3n) is 5.14. The number of pyridine rings is 1. The van der Waals surface area contributed by atoms with Gasteiger partial charge >= 0.3 is 0 Å². The molecule has 30 heavy (non-hydrogen) atoms. The minimum atomic E-state index is -0.0462. The van der Waals surface area contributed by atoms with E-state index in [1.807, 2.05) is 50.5 Å². The van der Waals surface area contributed by atoms with E-state index in [0.717, 1.165) is 44.8 Å². The molecule has 9 heteroatoms. The predicted molar refractivity (Wildman–Crippen MR) is 117 cm³/mol. The van der Waals surface area contributed by atoms with E-state index in [9.17, 15) is 4.79 Å². The summed E-state index contributed by atoms with van der Waals surface area (Å²) in [5, 5.41) is 14.2. The molecule has 0 saturated heterocycles. The van der Waals surface area contributed by atoms with Crippen LogP contribution in [0.1, 0.15) is 23.2 Å². The first kappa shape index (κ1) is 20.0. The molecule has 4 rings (SSSR count). The number of rotatable bonds is 6. The summed E-state index contributed by atoms with van der Waals surface area (Å²) in [4.78, 5) is 17.2. The average molecular weight is 423 g/mol. The first-order valence-corrected chi connectivity index (χ1v) is 10.4. The molecule has 0 spiro atoms. The molecule has 0 bridgehead atoms. The molecule has 8 nitrogen and oxygen atoms in total. The number of nitrogens with one attached hydrogen (secondary N) is 1. The van der Waals surface area contributed by atoms with E-state index in [0.29, 0.717) is 18.7 Å². The maximum absolute atomic E-state index is 12.5. The number of anilines is 1. The normalized spacial score (nSPS) is 11.1. The highest BCUT2D eigenvalue weighted by Crippen LogP contribution is 2.30. The number of fused-ring (bicyclic) bond motifs is 1. The lowest BCUT2D eigenvalue weighted by Crippen LogP contribution is -2.13. The Hall–Kier alpha value is -3.33. The molecule has 0 aliphatic heterocycles. The van der Waals surface area contributed by atoms with Gasteiger partial charge in [0.05, 0.1) is 12.5 Å². The highest BCUT2D eigenvalue weighted by atomic mass is 32.1. The zero-order valence-electron chi connectivity index (χ0n) is 17.3. The Balaban J connectivity index is 1.47. The van der Waals surface area contributed by atoms with Crippen molar-refractivity contribution in [1.82, 2.24) is 24.4 Å². The topological polar surface area (TPSA) is 94.8 Å². The van der Waals surface area contributed by atoms with E-state index < -0.39 is 0 Å². The number of nitrogens with zero attached hydrogens (tertiary/aromatic N) is 5. The quantitative estimate of drug-likeness (QED) is 0.509. The Morgan fingerprint density at radius 2 is 2.00 bits per heavy atom. The number of aromatic nitrogens is 5. The van der Waals surface area contributed by atoms with Crippen molar-refractivity contribution in [3.05, 3.63) is 46.5 Å². The fourth-order valence-corrected chi connectivity index (χ4v) is 4.05. The first-order chi connectivity index (χ1) is 14.5. The molecule has 1 aromatic carbocycles. The molecule has 0 saturated carbocycles. The van der Waals surface area contributed by atoms with E-state index in [1.54, 1.807) is 11.8 Å². The van der Waals surface area contributed by atoms with Gasteiger partial charge in [0, 0.05) is 35.8 Å². The SMILES string of the molecule is COc1nn(C)c2nc(C)c(CCC(=O)Nc3ccc(-c4csnn4)cc3)c(C)c12. The Kier molecular flexibility index (Phi) is 5.45. The van der Waals surface area contributed by atoms with Crippen molar-refractivity contribution in [1.29, 1.82) is 0 Å². The molecule has 0 unspecified atom stereocenters. The van der Waals surface area contributed by atoms with Gasteiger partial charge in [-0.1, -0.05) is 16.6 Å². The largest absolute Gasteiger partial charge is 0.479 e. The molecule has 0 fully saturated rings. The minimum absolute atomic E-state index is 0.0462. The molecular formula is C21H22N6O2S. The van der Waals surface area contributed by atoms with Crippen molar-refractivity contribution in [3.63, 3.8) is 0 Å². The van der Waals surface area contributed by atoms with E-state index in [1.165, 1.54) is 11.5 Å². The van der Waals surface area contributed by atoms with Crippen molar-refractivity contribution in [2.75, 3.05) is 12.4 Å². The van der Waals surface area contributed by atoms with Gasteiger partial charge in [-0.3, -0.25) is 4.79 Å². The third-order valence-corrected chi connectivity index (χ3v) is 5.65. The second kappa shape index (κ2) is 8.19. The number of aryl methyl sites for hydroxylation is 3. The maximum atomic E-state index is 12.5. The van der Waals surface area contributed by atoms with Gasteiger partial charge < -0.3 is 10.1 Å². The first-order valence-electron chi connectivity index (χ1n) is 9.52. The van der Waals surface area contributed by atoms with E-state index >= 15 is 0 Å². The number of hydrogen-bond acceptors (Lipinski definition) is 7. The Morgan fingerprint density at radius 3 is 2.67 bits per heavy atom. The summed E-state index contributed by atoms with van der Waals surface area (Å²) in [6.45, 7) is 3.99. The molecule has 4 aromatic rings. The molecule has 0 radical (unpaired) electrons. The molecule has 1 amide bonds. The number of carbonyl (C=O) groups excluding carboxylic acids is 1. The molecule has 3 heterocycles. The maximum Gasteiger partial charge on any atom is 0.242 e. The van der Waals surface area contributed by atoms with Crippen LogP contribution in [0.3, 0.4) is 0 Å². The second-order valence-electron chi connectivity index (χ2n) is 7.05. The van der Waals surface area contributed by atoms with E-state index in [4.69, 9.17) is 4.74 Å². The van der Waals surface area contributed by atoms with Crippen LogP contribution in [-0.4, -0.2) is 37.4 Å². The minimum Gasteiger partial charge on any atom is -0.479 e. The zero-order valence-corrected chi connectivity index (χ0v) is 18.1. The van der Waals surface area contributed by atoms with Crippen LogP contribution in [0.15, 0.2) is 29.6 Å². The summed E-state index contributed by atoms with van der Waals surface area (Å²) in [5.41, 5.74) is 6.34. The van der Waals surface area contributed by atoms with Gasteiger partial charge in [-0.05, 0) is 55.1 Å². The summed E-state index contributed by atoms with van der Waals surface area (Å²) in [6.07, 6.45) is 0.947. The van der Waals surface area contributed by atoms with Gasteiger partial charge in [0.1, 0.15) is 5.69 Å². The van der Waals surface area contributed by atoms with Gasteiger partial charge in [-0.25, -0.2) is 9.67 Å². The van der Waals surface area contributed by atoms with Crippen molar-refractivity contribution >= 4 is 34.2 Å².